The first-order valence-electron chi connectivity index (χ1n) is 9.20. The van der Waals surface area contributed by atoms with Crippen LogP contribution in [-0.4, -0.2) is 31.7 Å². The molecular formula is C20H26N2O3S2. The Hall–Kier alpha value is -1.70. The Labute approximate surface area is 165 Å². The number of hydrogen-bond acceptors (Lipinski definition) is 4. The highest BCUT2D eigenvalue weighted by Crippen LogP contribution is 2.27. The molecule has 1 aliphatic rings. The second-order valence-corrected chi connectivity index (χ2v) is 10.3. The number of amides is 1. The minimum atomic E-state index is -3.51. The van der Waals surface area contributed by atoms with E-state index in [2.05, 4.69) is 23.5 Å². The van der Waals surface area contributed by atoms with Gasteiger partial charge in [0.2, 0.25) is 5.91 Å². The molecule has 1 aliphatic heterocycles. The molecule has 1 N–H and O–H groups in total. The Morgan fingerprint density at radius 3 is 2.78 bits per heavy atom. The fraction of sp³-hybridized carbons (Fsp3) is 0.450. The monoisotopic (exact) mass is 406 g/mol. The van der Waals surface area contributed by atoms with Crippen LogP contribution in [0.4, 0.5) is 0 Å². The van der Waals surface area contributed by atoms with Crippen LogP contribution < -0.4 is 5.32 Å². The molecule has 5 nitrogen and oxygen atoms in total. The van der Waals surface area contributed by atoms with Crippen molar-refractivity contribution in [2.75, 3.05) is 13.1 Å². The van der Waals surface area contributed by atoms with E-state index in [1.807, 2.05) is 20.8 Å². The number of piperidine rings is 1. The standard InChI is InChI=1S/C20H26N2O3S2/c1-14-8-9-15(2)18(12-14)16(3)21-20(23)17-6-4-10-22(13-17)27(24,25)19-7-5-11-26-19/h5,7-9,11-12,16-17H,4,6,10,13H2,1-3H3,(H,21,23)/t16-,17+/m0/s1. The summed E-state index contributed by atoms with van der Waals surface area (Å²) in [5.74, 6) is -0.393. The molecule has 0 bridgehead atoms. The van der Waals surface area contributed by atoms with E-state index in [-0.39, 0.29) is 24.4 Å². The lowest BCUT2D eigenvalue weighted by Crippen LogP contribution is -2.45. The summed E-state index contributed by atoms with van der Waals surface area (Å²) in [5.41, 5.74) is 3.39. The van der Waals surface area contributed by atoms with Gasteiger partial charge in [-0.1, -0.05) is 29.8 Å². The van der Waals surface area contributed by atoms with Crippen molar-refractivity contribution in [1.29, 1.82) is 0 Å². The topological polar surface area (TPSA) is 66.5 Å². The van der Waals surface area contributed by atoms with Crippen molar-refractivity contribution in [2.45, 2.75) is 43.9 Å². The zero-order chi connectivity index (χ0) is 19.6. The quantitative estimate of drug-likeness (QED) is 0.824. The number of rotatable bonds is 5. The van der Waals surface area contributed by atoms with Crippen LogP contribution in [0.3, 0.4) is 0 Å². The average molecular weight is 407 g/mol. The average Bonchev–Trinajstić information content (AvgIpc) is 3.19. The largest absolute Gasteiger partial charge is 0.349 e. The fourth-order valence-corrected chi connectivity index (χ4v) is 6.22. The molecule has 0 radical (unpaired) electrons. The Kier molecular flexibility index (Phi) is 6.03. The Bertz CT molecular complexity index is 907. The second-order valence-electron chi connectivity index (χ2n) is 7.22. The minimum absolute atomic E-state index is 0.0746. The number of benzene rings is 1. The van der Waals surface area contributed by atoms with Gasteiger partial charge in [0.15, 0.2) is 0 Å². The van der Waals surface area contributed by atoms with E-state index < -0.39 is 10.0 Å². The van der Waals surface area contributed by atoms with Gasteiger partial charge in [0, 0.05) is 13.1 Å². The Balaban J connectivity index is 1.69. The predicted octanol–water partition coefficient (Wildman–Crippen LogP) is 3.64. The van der Waals surface area contributed by atoms with Gasteiger partial charge < -0.3 is 5.32 Å². The van der Waals surface area contributed by atoms with Crippen LogP contribution in [0.2, 0.25) is 0 Å². The number of nitrogens with one attached hydrogen (secondary N) is 1. The summed E-state index contributed by atoms with van der Waals surface area (Å²) in [6.45, 7) is 6.75. The highest BCUT2D eigenvalue weighted by Gasteiger charge is 2.34. The molecule has 1 saturated heterocycles. The van der Waals surface area contributed by atoms with Crippen LogP contribution >= 0.6 is 11.3 Å². The molecule has 1 aromatic heterocycles. The van der Waals surface area contributed by atoms with Crippen molar-refractivity contribution in [3.8, 4) is 0 Å². The van der Waals surface area contributed by atoms with Crippen LogP contribution in [0.15, 0.2) is 39.9 Å². The number of carbonyl (C=O) groups excluding carboxylic acids is 1. The third kappa shape index (κ3) is 4.42. The Morgan fingerprint density at radius 1 is 1.30 bits per heavy atom. The predicted molar refractivity (Wildman–Crippen MR) is 108 cm³/mol. The first kappa shape index (κ1) is 20.0. The van der Waals surface area contributed by atoms with E-state index in [0.29, 0.717) is 23.6 Å². The lowest BCUT2D eigenvalue weighted by molar-refractivity contribution is -0.126. The molecule has 0 aliphatic carbocycles. The van der Waals surface area contributed by atoms with Crippen LogP contribution in [0.25, 0.3) is 0 Å². The molecule has 1 amide bonds. The summed E-state index contributed by atoms with van der Waals surface area (Å²) in [6, 6.07) is 9.45. The van der Waals surface area contributed by atoms with Gasteiger partial charge in [0.05, 0.1) is 12.0 Å². The molecule has 0 unspecified atom stereocenters. The Morgan fingerprint density at radius 2 is 2.07 bits per heavy atom. The molecule has 2 heterocycles. The van der Waals surface area contributed by atoms with E-state index >= 15 is 0 Å². The van der Waals surface area contributed by atoms with Crippen LogP contribution in [0.5, 0.6) is 0 Å². The van der Waals surface area contributed by atoms with Crippen molar-refractivity contribution in [2.24, 2.45) is 5.92 Å². The maximum Gasteiger partial charge on any atom is 0.252 e. The van der Waals surface area contributed by atoms with E-state index in [9.17, 15) is 13.2 Å². The highest BCUT2D eigenvalue weighted by molar-refractivity contribution is 7.91. The zero-order valence-electron chi connectivity index (χ0n) is 15.9. The lowest BCUT2D eigenvalue weighted by atomic mass is 9.96. The van der Waals surface area contributed by atoms with Gasteiger partial charge in [-0.25, -0.2) is 8.42 Å². The number of carbonyl (C=O) groups is 1. The van der Waals surface area contributed by atoms with Crippen LogP contribution in [0, 0.1) is 19.8 Å². The van der Waals surface area contributed by atoms with Gasteiger partial charge in [0.25, 0.3) is 10.0 Å². The molecule has 0 spiro atoms. The van der Waals surface area contributed by atoms with Gasteiger partial charge >= 0.3 is 0 Å². The molecule has 2 aromatic rings. The number of nitrogens with zero attached hydrogens (tertiary/aromatic N) is 1. The van der Waals surface area contributed by atoms with Crippen molar-refractivity contribution < 1.29 is 13.2 Å². The van der Waals surface area contributed by atoms with Crippen molar-refractivity contribution >= 4 is 27.3 Å². The molecule has 27 heavy (non-hydrogen) atoms. The van der Waals surface area contributed by atoms with E-state index in [1.165, 1.54) is 15.6 Å². The third-order valence-electron chi connectivity index (χ3n) is 5.10. The van der Waals surface area contributed by atoms with Crippen LogP contribution in [0.1, 0.15) is 42.5 Å². The molecule has 7 heteroatoms. The van der Waals surface area contributed by atoms with Gasteiger partial charge in [-0.15, -0.1) is 11.3 Å². The summed E-state index contributed by atoms with van der Waals surface area (Å²) in [6.07, 6.45) is 1.41. The summed E-state index contributed by atoms with van der Waals surface area (Å²) >= 11 is 1.21. The van der Waals surface area contributed by atoms with Gasteiger partial charge in [-0.3, -0.25) is 4.79 Å². The third-order valence-corrected chi connectivity index (χ3v) is 8.34. The summed E-state index contributed by atoms with van der Waals surface area (Å²) in [4.78, 5) is 12.8. The van der Waals surface area contributed by atoms with Gasteiger partial charge in [-0.05, 0) is 56.2 Å². The number of hydrogen-bond donors (Lipinski definition) is 1. The number of thiophene rings is 1. The highest BCUT2D eigenvalue weighted by atomic mass is 32.2. The number of aryl methyl sites for hydroxylation is 2. The molecular weight excluding hydrogens is 380 g/mol. The summed E-state index contributed by atoms with van der Waals surface area (Å²) in [7, 11) is -3.51. The van der Waals surface area contributed by atoms with Crippen LogP contribution in [-0.2, 0) is 14.8 Å². The summed E-state index contributed by atoms with van der Waals surface area (Å²) in [5, 5.41) is 4.84. The minimum Gasteiger partial charge on any atom is -0.349 e. The first-order valence-corrected chi connectivity index (χ1v) is 11.5. The first-order chi connectivity index (χ1) is 12.8. The molecule has 0 saturated carbocycles. The molecule has 1 aromatic carbocycles. The number of sulfonamides is 1. The molecule has 1 fully saturated rings. The SMILES string of the molecule is Cc1ccc(C)c([C@H](C)NC(=O)[C@@H]2CCCN(S(=O)(=O)c3cccs3)C2)c1. The van der Waals surface area contributed by atoms with E-state index in [4.69, 9.17) is 0 Å². The van der Waals surface area contributed by atoms with Gasteiger partial charge in [0.1, 0.15) is 4.21 Å². The maximum atomic E-state index is 12.8. The maximum absolute atomic E-state index is 12.8. The zero-order valence-corrected chi connectivity index (χ0v) is 17.6. The smallest absolute Gasteiger partial charge is 0.252 e. The normalized spacial score (nSPS) is 19.6. The lowest BCUT2D eigenvalue weighted by Gasteiger charge is -2.31. The molecule has 2 atom stereocenters. The van der Waals surface area contributed by atoms with Crippen molar-refractivity contribution in [1.82, 2.24) is 9.62 Å². The molecule has 3 rings (SSSR count). The molecule has 146 valence electrons. The van der Waals surface area contributed by atoms with E-state index in [0.717, 1.165) is 16.7 Å². The summed E-state index contributed by atoms with van der Waals surface area (Å²) < 4.78 is 27.3. The van der Waals surface area contributed by atoms with Crippen molar-refractivity contribution in [3.63, 3.8) is 0 Å². The second kappa shape index (κ2) is 8.12. The fourth-order valence-electron chi connectivity index (χ4n) is 3.55. The van der Waals surface area contributed by atoms with Crippen molar-refractivity contribution in [3.05, 3.63) is 52.4 Å². The van der Waals surface area contributed by atoms with Gasteiger partial charge in [-0.2, -0.15) is 4.31 Å². The van der Waals surface area contributed by atoms with E-state index in [1.54, 1.807) is 17.5 Å².